The summed E-state index contributed by atoms with van der Waals surface area (Å²) in [5.41, 5.74) is 5.46. The molecule has 0 heterocycles. The first-order valence-electron chi connectivity index (χ1n) is 14.7. The number of unbranched alkanes of at least 4 members (excludes halogenated alkanes) is 3. The maximum Gasteiger partial charge on any atom is 0.328 e. The molecule has 0 aromatic heterocycles. The Morgan fingerprint density at radius 3 is 1.93 bits per heavy atom. The minimum Gasteiger partial charge on any atom is -0.480 e. The number of hydrogen-bond donors (Lipinski definition) is 6. The van der Waals surface area contributed by atoms with Gasteiger partial charge in [0, 0.05) is 24.3 Å². The van der Waals surface area contributed by atoms with Crippen LogP contribution in [0.2, 0.25) is 0 Å². The van der Waals surface area contributed by atoms with Crippen molar-refractivity contribution >= 4 is 42.4 Å². The van der Waals surface area contributed by atoms with E-state index in [2.05, 4.69) is 24.9 Å². The van der Waals surface area contributed by atoms with Gasteiger partial charge in [-0.25, -0.2) is 4.79 Å². The molecule has 6 N–H and O–H groups in total. The maximum absolute atomic E-state index is 13.5. The third-order valence-corrected chi connectivity index (χ3v) is 6.64. The molecule has 0 aliphatic heterocycles. The second kappa shape index (κ2) is 25.6. The van der Waals surface area contributed by atoms with Crippen molar-refractivity contribution in [3.63, 3.8) is 0 Å². The fraction of sp³-hybridized carbons (Fsp3) is 0.469. The quantitative estimate of drug-likeness (QED) is 0.0395. The first-order chi connectivity index (χ1) is 21.0. The number of rotatable bonds is 24. The number of nitrogens with one attached hydrogen (secondary N) is 1. The molecule has 0 aromatic carbocycles. The second-order valence-corrected chi connectivity index (χ2v) is 10.3. The lowest BCUT2D eigenvalue weighted by Crippen LogP contribution is -2.54. The number of nitrogens with zero attached hydrogens (tertiary/aromatic N) is 1. The second-order valence-electron chi connectivity index (χ2n) is 9.89. The normalized spacial score (nSPS) is 14.2. The molecule has 44 heavy (non-hydrogen) atoms. The number of amides is 2. The molecule has 3 atom stereocenters. The summed E-state index contributed by atoms with van der Waals surface area (Å²) in [5, 5.41) is 29.6. The Morgan fingerprint density at radius 2 is 1.41 bits per heavy atom. The predicted octanol–water partition coefficient (Wildman–Crippen LogP) is 4.05. The predicted molar refractivity (Wildman–Crippen MR) is 174 cm³/mol. The summed E-state index contributed by atoms with van der Waals surface area (Å²) in [5.74, 6) is -4.57. The Kier molecular flexibility index (Phi) is 23.3. The monoisotopic (exact) mass is 633 g/mol. The fourth-order valence-corrected chi connectivity index (χ4v) is 4.22. The minimum atomic E-state index is -1.23. The number of carbonyl (C=O) groups excluding carboxylic acids is 2. The fourth-order valence-electron chi connectivity index (χ4n) is 3.97. The molecule has 0 fully saturated rings. The van der Waals surface area contributed by atoms with Crippen LogP contribution in [0, 0.1) is 0 Å². The van der Waals surface area contributed by atoms with Crippen LogP contribution in [0.5, 0.6) is 0 Å². The largest absolute Gasteiger partial charge is 0.480 e. The first kappa shape index (κ1) is 40.1. The van der Waals surface area contributed by atoms with Crippen LogP contribution >= 0.6 is 12.6 Å². The van der Waals surface area contributed by atoms with Gasteiger partial charge in [-0.2, -0.15) is 12.6 Å². The molecule has 0 rings (SSSR count). The van der Waals surface area contributed by atoms with E-state index in [1.165, 1.54) is 11.0 Å². The first-order valence-corrected chi connectivity index (χ1v) is 15.3. The number of carboxylic acid groups (broad SMARTS) is 3. The van der Waals surface area contributed by atoms with Crippen molar-refractivity contribution < 1.29 is 39.3 Å². The van der Waals surface area contributed by atoms with E-state index in [-0.39, 0.29) is 24.6 Å². The highest BCUT2D eigenvalue weighted by Gasteiger charge is 2.31. The van der Waals surface area contributed by atoms with Crippen LogP contribution in [0.3, 0.4) is 0 Å². The summed E-state index contributed by atoms with van der Waals surface area (Å²) >= 11 is 4.21. The van der Waals surface area contributed by atoms with Crippen LogP contribution in [0.25, 0.3) is 0 Å². The molecule has 0 spiro atoms. The van der Waals surface area contributed by atoms with Gasteiger partial charge in [-0.15, -0.1) is 0 Å². The summed E-state index contributed by atoms with van der Waals surface area (Å²) in [6.07, 6.45) is 25.7. The third-order valence-electron chi connectivity index (χ3n) is 6.28. The van der Waals surface area contributed by atoms with Gasteiger partial charge >= 0.3 is 17.9 Å². The maximum atomic E-state index is 13.5. The van der Waals surface area contributed by atoms with E-state index < -0.39 is 48.4 Å². The van der Waals surface area contributed by atoms with Crippen LogP contribution in [0.15, 0.2) is 72.9 Å². The number of carbonyl (C=O) groups is 5. The zero-order valence-corrected chi connectivity index (χ0v) is 26.2. The Balaban J connectivity index is 5.36. The Hall–Kier alpha value is -3.90. The van der Waals surface area contributed by atoms with Crippen LogP contribution in [0.4, 0.5) is 0 Å². The molecule has 0 aliphatic carbocycles. The zero-order valence-electron chi connectivity index (χ0n) is 25.3. The van der Waals surface area contributed by atoms with Crippen LogP contribution in [-0.2, 0) is 24.0 Å². The van der Waals surface area contributed by atoms with Gasteiger partial charge in [-0.1, -0.05) is 99.4 Å². The summed E-state index contributed by atoms with van der Waals surface area (Å²) in [6.45, 7) is 1.57. The van der Waals surface area contributed by atoms with Crippen molar-refractivity contribution in [2.75, 3.05) is 12.3 Å². The minimum absolute atomic E-state index is 0.0559. The van der Waals surface area contributed by atoms with Gasteiger partial charge in [0.25, 0.3) is 0 Å². The number of aliphatic carboxylic acids is 3. The molecule has 12 heteroatoms. The van der Waals surface area contributed by atoms with Crippen molar-refractivity contribution in [3.05, 3.63) is 72.9 Å². The highest BCUT2D eigenvalue weighted by atomic mass is 32.1. The molecule has 244 valence electrons. The van der Waals surface area contributed by atoms with Crippen molar-refractivity contribution in [3.8, 4) is 0 Å². The average Bonchev–Trinajstić information content (AvgIpc) is 2.98. The zero-order chi connectivity index (χ0) is 33.2. The van der Waals surface area contributed by atoms with E-state index in [0.717, 1.165) is 31.8 Å². The van der Waals surface area contributed by atoms with E-state index in [1.807, 2.05) is 36.5 Å². The average molecular weight is 634 g/mol. The van der Waals surface area contributed by atoms with E-state index in [1.54, 1.807) is 24.3 Å². The number of thiol groups is 1. The number of allylic oxidation sites excluding steroid dienone is 11. The standard InChI is InChI=1S/C32H47N3O8S/c1-2-3-4-15-18-25(19-16-13-11-9-7-5-6-8-10-12-14-17-20-29(37)38)35(23-30(39)40)31(41)27(24-44)34-28(36)22-21-26(33)32(42)43/h5-14,17,20,25-27,44H,2-4,15-16,18-19,21-24,33H2,1H3,(H,34,36)(H,37,38)(H,39,40)(H,42,43). The molecule has 0 saturated carbocycles. The smallest absolute Gasteiger partial charge is 0.328 e. The lowest BCUT2D eigenvalue weighted by Gasteiger charge is -2.33. The van der Waals surface area contributed by atoms with E-state index >= 15 is 0 Å². The number of hydrogen-bond acceptors (Lipinski definition) is 7. The molecule has 3 unspecified atom stereocenters. The van der Waals surface area contributed by atoms with Gasteiger partial charge in [-0.3, -0.25) is 19.2 Å². The van der Waals surface area contributed by atoms with E-state index in [9.17, 15) is 29.1 Å². The molecular weight excluding hydrogens is 586 g/mol. The molecule has 0 radical (unpaired) electrons. The lowest BCUT2D eigenvalue weighted by atomic mass is 10.00. The van der Waals surface area contributed by atoms with Crippen LogP contribution < -0.4 is 11.1 Å². The van der Waals surface area contributed by atoms with Gasteiger partial charge in [-0.05, 0) is 25.7 Å². The molecule has 2 amide bonds. The van der Waals surface area contributed by atoms with Crippen molar-refractivity contribution in [1.29, 1.82) is 0 Å². The Bertz CT molecular complexity index is 1080. The van der Waals surface area contributed by atoms with Gasteiger partial charge in [0.05, 0.1) is 0 Å². The highest BCUT2D eigenvalue weighted by molar-refractivity contribution is 7.80. The van der Waals surface area contributed by atoms with Gasteiger partial charge < -0.3 is 31.3 Å². The van der Waals surface area contributed by atoms with Crippen molar-refractivity contribution in [2.24, 2.45) is 5.73 Å². The van der Waals surface area contributed by atoms with Crippen molar-refractivity contribution in [1.82, 2.24) is 10.2 Å². The summed E-state index contributed by atoms with van der Waals surface area (Å²) in [7, 11) is 0. The van der Waals surface area contributed by atoms with E-state index in [4.69, 9.17) is 15.9 Å². The van der Waals surface area contributed by atoms with E-state index in [0.29, 0.717) is 19.3 Å². The van der Waals surface area contributed by atoms with Gasteiger partial charge in [0.2, 0.25) is 11.8 Å². The number of nitrogens with two attached hydrogens (primary N) is 1. The summed E-state index contributed by atoms with van der Waals surface area (Å²) in [4.78, 5) is 60.3. The third kappa shape index (κ3) is 20.9. The molecule has 11 nitrogen and oxygen atoms in total. The Labute approximate surface area is 265 Å². The molecule has 0 bridgehead atoms. The molecule has 0 aliphatic rings. The number of carboxylic acids is 3. The van der Waals surface area contributed by atoms with Crippen LogP contribution in [0.1, 0.15) is 64.7 Å². The lowest BCUT2D eigenvalue weighted by molar-refractivity contribution is -0.147. The SMILES string of the molecule is CCCCCCC(CCC=CC=CC=CC=CC=CC=CC(=O)O)N(CC(=O)O)C(=O)C(CS)NC(=O)CCC(N)C(=O)O. The molecular formula is C32H47N3O8S. The topological polar surface area (TPSA) is 187 Å². The summed E-state index contributed by atoms with van der Waals surface area (Å²) in [6, 6.07) is -2.64. The molecule has 0 saturated heterocycles. The molecule has 0 aromatic rings. The summed E-state index contributed by atoms with van der Waals surface area (Å²) < 4.78 is 0. The highest BCUT2D eigenvalue weighted by Crippen LogP contribution is 2.18. The van der Waals surface area contributed by atoms with Gasteiger partial charge in [0.15, 0.2) is 0 Å². The van der Waals surface area contributed by atoms with Crippen LogP contribution in [-0.4, -0.2) is 80.4 Å². The Morgan fingerprint density at radius 1 is 0.818 bits per heavy atom. The van der Waals surface area contributed by atoms with Gasteiger partial charge in [0.1, 0.15) is 18.6 Å². The van der Waals surface area contributed by atoms with Crippen molar-refractivity contribution in [2.45, 2.75) is 82.8 Å².